The molecule has 0 saturated carbocycles. The van der Waals surface area contributed by atoms with Crippen LogP contribution in [0.2, 0.25) is 0 Å². The monoisotopic (exact) mass is 492 g/mol. The topological polar surface area (TPSA) is 101 Å². The van der Waals surface area contributed by atoms with Crippen LogP contribution in [0.4, 0.5) is 18.9 Å². The fourth-order valence-corrected chi connectivity index (χ4v) is 4.98. The summed E-state index contributed by atoms with van der Waals surface area (Å²) in [5.41, 5.74) is 0.628. The molecular weight excluding hydrogens is 477 g/mol. The first kappa shape index (κ1) is 22.7. The Morgan fingerprint density at radius 3 is 2.48 bits per heavy atom. The van der Waals surface area contributed by atoms with Crippen LogP contribution < -0.4 is 10.0 Å². The van der Waals surface area contributed by atoms with Gasteiger partial charge < -0.3 is 5.32 Å². The van der Waals surface area contributed by atoms with Gasteiger partial charge in [0.2, 0.25) is 0 Å². The number of anilines is 1. The fourth-order valence-electron chi connectivity index (χ4n) is 3.14. The third kappa shape index (κ3) is 4.66. The number of halogens is 3. The smallest absolute Gasteiger partial charge is 0.264 e. The van der Waals surface area contributed by atoms with Crippen molar-refractivity contribution in [2.45, 2.75) is 18.4 Å². The van der Waals surface area contributed by atoms with Gasteiger partial charge in [0.25, 0.3) is 15.9 Å². The molecule has 0 aliphatic rings. The van der Waals surface area contributed by atoms with Crippen molar-refractivity contribution in [1.82, 2.24) is 14.1 Å². The van der Waals surface area contributed by atoms with Gasteiger partial charge in [0.1, 0.15) is 33.4 Å². The Morgan fingerprint density at radius 1 is 1.03 bits per heavy atom. The van der Waals surface area contributed by atoms with Crippen LogP contribution in [0.5, 0.6) is 0 Å². The molecule has 1 aromatic heterocycles. The van der Waals surface area contributed by atoms with E-state index in [1.807, 2.05) is 0 Å². The Labute approximate surface area is 190 Å². The van der Waals surface area contributed by atoms with Gasteiger partial charge in [-0.2, -0.15) is 8.75 Å². The Kier molecular flexibility index (Phi) is 6.04. The molecule has 0 bridgehead atoms. The molecule has 0 aliphatic heterocycles. The van der Waals surface area contributed by atoms with Crippen molar-refractivity contribution in [2.24, 2.45) is 0 Å². The molecule has 4 aromatic rings. The zero-order valence-electron chi connectivity index (χ0n) is 16.9. The first-order valence-electron chi connectivity index (χ1n) is 9.42. The van der Waals surface area contributed by atoms with Gasteiger partial charge in [0.15, 0.2) is 0 Å². The largest absolute Gasteiger partial charge is 0.348 e. The molecule has 170 valence electrons. The average Bonchev–Trinajstić information content (AvgIpc) is 3.21. The molecule has 0 unspecified atom stereocenters. The molecule has 0 atom stereocenters. The summed E-state index contributed by atoms with van der Waals surface area (Å²) in [6.45, 7) is 1.13. The third-order valence-electron chi connectivity index (χ3n) is 4.73. The molecule has 1 amide bonds. The zero-order chi connectivity index (χ0) is 23.8. The first-order chi connectivity index (χ1) is 15.7. The summed E-state index contributed by atoms with van der Waals surface area (Å²) in [7, 11) is -4.16. The standard InChI is InChI=1S/C21H15F3N4O3S2/c1-11-5-6-13(21(29)25-10-14-15(23)8-12(22)9-16(14)24)18(7-11)28-33(30,31)19-4-2-3-17-20(19)27-32-26-17/h2-9,28H,10H2,1H3,(H,25,29). The van der Waals surface area contributed by atoms with Gasteiger partial charge in [-0.3, -0.25) is 9.52 Å². The van der Waals surface area contributed by atoms with Crippen molar-refractivity contribution in [3.8, 4) is 0 Å². The number of nitrogens with one attached hydrogen (secondary N) is 2. The molecule has 0 fully saturated rings. The van der Waals surface area contributed by atoms with Gasteiger partial charge in [0.05, 0.1) is 23.0 Å². The second-order valence-electron chi connectivity index (χ2n) is 7.07. The minimum Gasteiger partial charge on any atom is -0.348 e. The molecule has 0 radical (unpaired) electrons. The summed E-state index contributed by atoms with van der Waals surface area (Å²) in [5.74, 6) is -4.17. The van der Waals surface area contributed by atoms with Gasteiger partial charge in [0, 0.05) is 24.2 Å². The van der Waals surface area contributed by atoms with E-state index >= 15 is 0 Å². The number of amides is 1. The molecule has 4 rings (SSSR count). The van der Waals surface area contributed by atoms with Gasteiger partial charge in [-0.1, -0.05) is 12.1 Å². The van der Waals surface area contributed by atoms with E-state index < -0.39 is 45.5 Å². The molecule has 7 nitrogen and oxygen atoms in total. The number of nitrogens with zero attached hydrogens (tertiary/aromatic N) is 2. The van der Waals surface area contributed by atoms with E-state index in [0.717, 1.165) is 11.7 Å². The van der Waals surface area contributed by atoms with Gasteiger partial charge in [-0.15, -0.1) is 0 Å². The SMILES string of the molecule is Cc1ccc(C(=O)NCc2c(F)cc(F)cc2F)c(NS(=O)(=O)c2cccc3nsnc23)c1. The van der Waals surface area contributed by atoms with Crippen molar-refractivity contribution in [3.63, 3.8) is 0 Å². The maximum absolute atomic E-state index is 13.9. The lowest BCUT2D eigenvalue weighted by atomic mass is 10.1. The number of fused-ring (bicyclic) bond motifs is 1. The number of hydrogen-bond donors (Lipinski definition) is 2. The highest BCUT2D eigenvalue weighted by atomic mass is 32.2. The number of rotatable bonds is 6. The number of sulfonamides is 1. The van der Waals surface area contributed by atoms with Crippen molar-refractivity contribution in [1.29, 1.82) is 0 Å². The zero-order valence-corrected chi connectivity index (χ0v) is 18.5. The molecule has 0 spiro atoms. The molecule has 1 heterocycles. The highest BCUT2D eigenvalue weighted by Gasteiger charge is 2.23. The minimum atomic E-state index is -4.16. The van der Waals surface area contributed by atoms with Crippen LogP contribution in [-0.4, -0.2) is 23.1 Å². The van der Waals surface area contributed by atoms with Crippen molar-refractivity contribution < 1.29 is 26.4 Å². The van der Waals surface area contributed by atoms with Crippen molar-refractivity contribution in [2.75, 3.05) is 4.72 Å². The summed E-state index contributed by atoms with van der Waals surface area (Å²) in [6.07, 6.45) is 0. The van der Waals surface area contributed by atoms with E-state index in [2.05, 4.69) is 18.8 Å². The molecule has 3 aromatic carbocycles. The quantitative estimate of drug-likeness (QED) is 0.421. The van der Waals surface area contributed by atoms with E-state index in [4.69, 9.17) is 0 Å². The number of carbonyl (C=O) groups excluding carboxylic acids is 1. The molecular formula is C21H15F3N4O3S2. The molecule has 12 heteroatoms. The van der Waals surface area contributed by atoms with E-state index in [-0.39, 0.29) is 21.7 Å². The van der Waals surface area contributed by atoms with Crippen LogP contribution in [0.15, 0.2) is 53.4 Å². The summed E-state index contributed by atoms with van der Waals surface area (Å²) in [6, 6.07) is 9.92. The number of benzene rings is 3. The summed E-state index contributed by atoms with van der Waals surface area (Å²) >= 11 is 0.867. The minimum absolute atomic E-state index is 0.0345. The van der Waals surface area contributed by atoms with E-state index in [1.165, 1.54) is 24.3 Å². The molecule has 0 aliphatic carbocycles. The fraction of sp³-hybridized carbons (Fsp3) is 0.0952. The van der Waals surface area contributed by atoms with Crippen molar-refractivity contribution in [3.05, 3.63) is 82.7 Å². The Morgan fingerprint density at radius 2 is 1.76 bits per heavy atom. The predicted octanol–water partition coefficient (Wildman–Crippen LogP) is 4.15. The highest BCUT2D eigenvalue weighted by molar-refractivity contribution is 7.93. The third-order valence-corrected chi connectivity index (χ3v) is 6.67. The van der Waals surface area contributed by atoms with Gasteiger partial charge in [-0.25, -0.2) is 21.6 Å². The van der Waals surface area contributed by atoms with Gasteiger partial charge in [-0.05, 0) is 36.8 Å². The Bertz CT molecular complexity index is 1470. The highest BCUT2D eigenvalue weighted by Crippen LogP contribution is 2.26. The maximum Gasteiger partial charge on any atom is 0.264 e. The summed E-state index contributed by atoms with van der Waals surface area (Å²) in [5, 5.41) is 2.33. The van der Waals surface area contributed by atoms with Gasteiger partial charge >= 0.3 is 0 Å². The first-order valence-corrected chi connectivity index (χ1v) is 11.6. The lowest BCUT2D eigenvalue weighted by Crippen LogP contribution is -2.26. The molecule has 0 saturated heterocycles. The van der Waals surface area contributed by atoms with Crippen LogP contribution in [0.25, 0.3) is 11.0 Å². The maximum atomic E-state index is 13.9. The number of aryl methyl sites for hydroxylation is 1. The summed E-state index contributed by atoms with van der Waals surface area (Å²) in [4.78, 5) is 12.6. The van der Waals surface area contributed by atoms with Crippen LogP contribution in [0, 0.1) is 24.4 Å². The second-order valence-corrected chi connectivity index (χ2v) is 9.25. The normalized spacial score (nSPS) is 11.5. The second kappa shape index (κ2) is 8.79. The van der Waals surface area contributed by atoms with Crippen LogP contribution in [-0.2, 0) is 16.6 Å². The van der Waals surface area contributed by atoms with Crippen molar-refractivity contribution >= 4 is 44.4 Å². The van der Waals surface area contributed by atoms with Crippen LogP contribution >= 0.6 is 11.7 Å². The molecule has 33 heavy (non-hydrogen) atoms. The summed E-state index contributed by atoms with van der Waals surface area (Å²) < 4.78 is 77.4. The number of aromatic nitrogens is 2. The van der Waals surface area contributed by atoms with E-state index in [9.17, 15) is 26.4 Å². The Hall–Kier alpha value is -3.51. The Balaban J connectivity index is 1.63. The van der Waals surface area contributed by atoms with E-state index in [1.54, 1.807) is 19.1 Å². The van der Waals surface area contributed by atoms with E-state index in [0.29, 0.717) is 23.2 Å². The predicted molar refractivity (Wildman–Crippen MR) is 117 cm³/mol. The molecule has 2 N–H and O–H groups in total. The number of carbonyl (C=O) groups is 1. The van der Waals surface area contributed by atoms with Crippen LogP contribution in [0.3, 0.4) is 0 Å². The average molecular weight is 493 g/mol. The lowest BCUT2D eigenvalue weighted by molar-refractivity contribution is 0.0951. The van der Waals surface area contributed by atoms with Crippen LogP contribution in [0.1, 0.15) is 21.5 Å². The lowest BCUT2D eigenvalue weighted by Gasteiger charge is -2.14. The number of hydrogen-bond acceptors (Lipinski definition) is 6.